The van der Waals surface area contributed by atoms with E-state index in [2.05, 4.69) is 5.32 Å². The molecule has 0 spiro atoms. The van der Waals surface area contributed by atoms with Crippen molar-refractivity contribution in [2.24, 2.45) is 0 Å². The Labute approximate surface area is 162 Å². The lowest BCUT2D eigenvalue weighted by Gasteiger charge is -2.12. The number of benzene rings is 3. The summed E-state index contributed by atoms with van der Waals surface area (Å²) in [4.78, 5) is 9.48. The summed E-state index contributed by atoms with van der Waals surface area (Å²) in [6.45, 7) is 1.98. The normalized spacial score (nSPS) is 10.8. The summed E-state index contributed by atoms with van der Waals surface area (Å²) in [5.41, 5.74) is 3.72. The molecule has 0 amide bonds. The zero-order valence-electron chi connectivity index (χ0n) is 15.0. The molecule has 134 valence electrons. The largest absolute Gasteiger partial charge is 0.497 e. The van der Waals surface area contributed by atoms with Crippen LogP contribution in [0.1, 0.15) is 5.56 Å². The van der Waals surface area contributed by atoms with Crippen LogP contribution in [0, 0.1) is 6.92 Å². The molecule has 1 heterocycles. The lowest BCUT2D eigenvalue weighted by Crippen LogP contribution is -1.99. The molecule has 0 fully saturated rings. The second kappa shape index (κ2) is 7.25. The molecule has 0 aliphatic rings. The molecule has 0 atom stereocenters. The van der Waals surface area contributed by atoms with Gasteiger partial charge in [0.15, 0.2) is 5.82 Å². The quantitative estimate of drug-likeness (QED) is 0.474. The smallest absolute Gasteiger partial charge is 0.162 e. The van der Waals surface area contributed by atoms with Crippen LogP contribution >= 0.6 is 11.6 Å². The Bertz CT molecular complexity index is 1110. The highest BCUT2D eigenvalue weighted by molar-refractivity contribution is 6.31. The number of nitrogens with zero attached hydrogens (tertiary/aromatic N) is 2. The minimum Gasteiger partial charge on any atom is -0.497 e. The van der Waals surface area contributed by atoms with Crippen LogP contribution in [0.2, 0.25) is 5.02 Å². The zero-order chi connectivity index (χ0) is 18.8. The Balaban J connectivity index is 1.81. The van der Waals surface area contributed by atoms with Gasteiger partial charge in [-0.3, -0.25) is 0 Å². The van der Waals surface area contributed by atoms with Crippen LogP contribution in [0.3, 0.4) is 0 Å². The van der Waals surface area contributed by atoms with E-state index in [1.165, 1.54) is 0 Å². The number of hydrogen-bond donors (Lipinski definition) is 1. The number of aryl methyl sites for hydroxylation is 1. The molecule has 0 radical (unpaired) electrons. The van der Waals surface area contributed by atoms with Crippen LogP contribution in [0.25, 0.3) is 22.3 Å². The number of para-hydroxylation sites is 1. The molecule has 0 bridgehead atoms. The van der Waals surface area contributed by atoms with Gasteiger partial charge in [0, 0.05) is 21.7 Å². The molecular formula is C22H18ClN3O. The molecule has 5 heteroatoms. The van der Waals surface area contributed by atoms with Gasteiger partial charge in [0.1, 0.15) is 11.6 Å². The molecule has 0 saturated heterocycles. The van der Waals surface area contributed by atoms with Gasteiger partial charge in [-0.05, 0) is 61.0 Å². The third kappa shape index (κ3) is 3.57. The van der Waals surface area contributed by atoms with Crippen molar-refractivity contribution in [3.05, 3.63) is 77.3 Å². The second-order valence-electron chi connectivity index (χ2n) is 6.23. The van der Waals surface area contributed by atoms with Crippen molar-refractivity contribution in [1.82, 2.24) is 9.97 Å². The summed E-state index contributed by atoms with van der Waals surface area (Å²) in [7, 11) is 1.65. The van der Waals surface area contributed by atoms with E-state index in [-0.39, 0.29) is 0 Å². The summed E-state index contributed by atoms with van der Waals surface area (Å²) in [5.74, 6) is 2.19. The highest BCUT2D eigenvalue weighted by Crippen LogP contribution is 2.29. The molecule has 1 N–H and O–H groups in total. The fourth-order valence-electron chi connectivity index (χ4n) is 2.85. The van der Waals surface area contributed by atoms with Gasteiger partial charge in [0.2, 0.25) is 0 Å². The first-order valence-corrected chi connectivity index (χ1v) is 8.96. The molecular weight excluding hydrogens is 358 g/mol. The van der Waals surface area contributed by atoms with Gasteiger partial charge in [0.25, 0.3) is 0 Å². The van der Waals surface area contributed by atoms with Crippen molar-refractivity contribution in [2.45, 2.75) is 6.92 Å². The highest BCUT2D eigenvalue weighted by atomic mass is 35.5. The fraction of sp³-hybridized carbons (Fsp3) is 0.0909. The van der Waals surface area contributed by atoms with Gasteiger partial charge in [-0.15, -0.1) is 0 Å². The van der Waals surface area contributed by atoms with E-state index in [4.69, 9.17) is 26.3 Å². The van der Waals surface area contributed by atoms with E-state index < -0.39 is 0 Å². The van der Waals surface area contributed by atoms with E-state index in [1.54, 1.807) is 7.11 Å². The highest BCUT2D eigenvalue weighted by Gasteiger charge is 2.10. The summed E-state index contributed by atoms with van der Waals surface area (Å²) >= 11 is 6.27. The fourth-order valence-corrected chi connectivity index (χ4v) is 3.03. The van der Waals surface area contributed by atoms with Crippen LogP contribution < -0.4 is 10.1 Å². The molecule has 4 nitrogen and oxygen atoms in total. The second-order valence-corrected chi connectivity index (χ2v) is 6.64. The Morgan fingerprint density at radius 2 is 1.70 bits per heavy atom. The van der Waals surface area contributed by atoms with E-state index in [0.717, 1.165) is 39.3 Å². The topological polar surface area (TPSA) is 47.0 Å². The number of methoxy groups -OCH3 is 1. The van der Waals surface area contributed by atoms with Gasteiger partial charge in [-0.2, -0.15) is 0 Å². The van der Waals surface area contributed by atoms with Crippen molar-refractivity contribution >= 4 is 34.0 Å². The Kier molecular flexibility index (Phi) is 4.65. The van der Waals surface area contributed by atoms with Gasteiger partial charge in [-0.1, -0.05) is 29.8 Å². The van der Waals surface area contributed by atoms with Crippen molar-refractivity contribution in [3.63, 3.8) is 0 Å². The Morgan fingerprint density at radius 1 is 0.926 bits per heavy atom. The SMILES string of the molecule is COc1ccc(-c2nc(Nc3ccc(C)c(Cl)c3)c3ccccc3n2)cc1. The minimum absolute atomic E-state index is 0.650. The predicted octanol–water partition coefficient (Wildman–Crippen LogP) is 6.01. The molecule has 0 saturated carbocycles. The minimum atomic E-state index is 0.650. The molecule has 0 aliphatic heterocycles. The first-order chi connectivity index (χ1) is 13.1. The summed E-state index contributed by atoms with van der Waals surface area (Å²) < 4.78 is 5.23. The first-order valence-electron chi connectivity index (χ1n) is 8.58. The molecule has 4 rings (SSSR count). The van der Waals surface area contributed by atoms with Gasteiger partial charge >= 0.3 is 0 Å². The average molecular weight is 376 g/mol. The van der Waals surface area contributed by atoms with Crippen LogP contribution in [-0.2, 0) is 0 Å². The molecule has 1 aromatic heterocycles. The van der Waals surface area contributed by atoms with Gasteiger partial charge in [0.05, 0.1) is 12.6 Å². The van der Waals surface area contributed by atoms with Crippen LogP contribution in [0.5, 0.6) is 5.75 Å². The number of rotatable bonds is 4. The van der Waals surface area contributed by atoms with Crippen molar-refractivity contribution < 1.29 is 4.74 Å². The predicted molar refractivity (Wildman–Crippen MR) is 111 cm³/mol. The third-order valence-electron chi connectivity index (χ3n) is 4.39. The molecule has 27 heavy (non-hydrogen) atoms. The van der Waals surface area contributed by atoms with Gasteiger partial charge in [-0.25, -0.2) is 9.97 Å². The molecule has 0 unspecified atom stereocenters. The number of hydrogen-bond acceptors (Lipinski definition) is 4. The number of ether oxygens (including phenoxy) is 1. The summed E-state index contributed by atoms with van der Waals surface area (Å²) in [6, 6.07) is 21.5. The van der Waals surface area contributed by atoms with Crippen molar-refractivity contribution in [3.8, 4) is 17.1 Å². The molecule has 3 aromatic carbocycles. The van der Waals surface area contributed by atoms with E-state index in [9.17, 15) is 0 Å². The van der Waals surface area contributed by atoms with Gasteiger partial charge < -0.3 is 10.1 Å². The third-order valence-corrected chi connectivity index (χ3v) is 4.79. The molecule has 0 aliphatic carbocycles. The van der Waals surface area contributed by atoms with E-state index in [1.807, 2.05) is 73.7 Å². The van der Waals surface area contributed by atoms with E-state index in [0.29, 0.717) is 10.8 Å². The first kappa shape index (κ1) is 17.3. The number of nitrogens with one attached hydrogen (secondary N) is 1. The Hall–Kier alpha value is -3.11. The monoisotopic (exact) mass is 375 g/mol. The lowest BCUT2D eigenvalue weighted by molar-refractivity contribution is 0.415. The van der Waals surface area contributed by atoms with Crippen molar-refractivity contribution in [2.75, 3.05) is 12.4 Å². The standard InChI is InChI=1S/C22H18ClN3O/c1-14-7-10-16(13-19(14)23)24-22-18-5-3-4-6-20(18)25-21(26-22)15-8-11-17(27-2)12-9-15/h3-13H,1-2H3,(H,24,25,26). The number of halogens is 1. The maximum absolute atomic E-state index is 6.27. The van der Waals surface area contributed by atoms with Crippen LogP contribution in [-0.4, -0.2) is 17.1 Å². The number of fused-ring (bicyclic) bond motifs is 1. The zero-order valence-corrected chi connectivity index (χ0v) is 15.8. The van der Waals surface area contributed by atoms with Crippen molar-refractivity contribution in [1.29, 1.82) is 0 Å². The Morgan fingerprint density at radius 3 is 2.44 bits per heavy atom. The summed E-state index contributed by atoms with van der Waals surface area (Å²) in [5, 5.41) is 5.05. The van der Waals surface area contributed by atoms with E-state index >= 15 is 0 Å². The average Bonchev–Trinajstić information content (AvgIpc) is 2.71. The molecule has 4 aromatic rings. The maximum atomic E-state index is 6.27. The van der Waals surface area contributed by atoms with Crippen LogP contribution in [0.4, 0.5) is 11.5 Å². The number of anilines is 2. The van der Waals surface area contributed by atoms with Crippen LogP contribution in [0.15, 0.2) is 66.7 Å². The maximum Gasteiger partial charge on any atom is 0.162 e. The summed E-state index contributed by atoms with van der Waals surface area (Å²) in [6.07, 6.45) is 0. The number of aromatic nitrogens is 2. The lowest BCUT2D eigenvalue weighted by atomic mass is 10.1.